The largest absolute Gasteiger partial charge is 0.369 e. The highest BCUT2D eigenvalue weighted by molar-refractivity contribution is 5.97. The van der Waals surface area contributed by atoms with Crippen LogP contribution >= 0.6 is 0 Å². The lowest BCUT2D eigenvalue weighted by molar-refractivity contribution is -0.115. The standard InChI is InChI=1S/C29H32N6O/c1-19-8-10-22(11-9-19)15-28(36)30-26-16-23(12-13-27(26)35-17-20(2)14-21(3)18-35)24-6-4-5-7-25(24)29-31-33-34-32-29/h4-13,16,20-21H,14-15,17-18H2,1-3H3,(H,30,36)(H,31,32,33,34)/t20-,21+. The van der Waals surface area contributed by atoms with Crippen molar-refractivity contribution in [3.63, 3.8) is 0 Å². The van der Waals surface area contributed by atoms with Crippen LogP contribution in [0.15, 0.2) is 66.7 Å². The normalized spacial score (nSPS) is 17.7. The van der Waals surface area contributed by atoms with Gasteiger partial charge in [-0.2, -0.15) is 0 Å². The fourth-order valence-electron chi connectivity index (χ4n) is 5.24. The second kappa shape index (κ2) is 10.3. The van der Waals surface area contributed by atoms with E-state index in [1.54, 1.807) is 0 Å². The van der Waals surface area contributed by atoms with Crippen molar-refractivity contribution in [2.24, 2.45) is 11.8 Å². The second-order valence-corrected chi connectivity index (χ2v) is 10.1. The molecular formula is C29H32N6O. The summed E-state index contributed by atoms with van der Waals surface area (Å²) in [5.74, 6) is 1.79. The van der Waals surface area contributed by atoms with Crippen molar-refractivity contribution in [2.45, 2.75) is 33.6 Å². The predicted molar refractivity (Wildman–Crippen MR) is 144 cm³/mol. The number of benzene rings is 3. The van der Waals surface area contributed by atoms with Crippen LogP contribution in [0.4, 0.5) is 11.4 Å². The lowest BCUT2D eigenvalue weighted by Crippen LogP contribution is -2.39. The van der Waals surface area contributed by atoms with Gasteiger partial charge in [0.05, 0.1) is 17.8 Å². The number of hydrogen-bond acceptors (Lipinski definition) is 5. The number of nitrogens with zero attached hydrogens (tertiary/aromatic N) is 4. The van der Waals surface area contributed by atoms with E-state index in [-0.39, 0.29) is 5.91 Å². The van der Waals surface area contributed by atoms with Gasteiger partial charge in [0.25, 0.3) is 0 Å². The van der Waals surface area contributed by atoms with E-state index in [4.69, 9.17) is 0 Å². The van der Waals surface area contributed by atoms with Crippen LogP contribution in [-0.2, 0) is 11.2 Å². The summed E-state index contributed by atoms with van der Waals surface area (Å²) >= 11 is 0. The number of anilines is 2. The molecule has 1 saturated heterocycles. The smallest absolute Gasteiger partial charge is 0.228 e. The molecule has 5 rings (SSSR count). The van der Waals surface area contributed by atoms with Gasteiger partial charge in [-0.3, -0.25) is 4.79 Å². The SMILES string of the molecule is Cc1ccc(CC(=O)Nc2cc(-c3ccccc3-c3nnn[nH]3)ccc2N2C[C@H](C)C[C@H](C)C2)cc1. The molecule has 0 bridgehead atoms. The van der Waals surface area contributed by atoms with Crippen LogP contribution in [0.5, 0.6) is 0 Å². The fourth-order valence-corrected chi connectivity index (χ4v) is 5.24. The molecule has 0 saturated carbocycles. The van der Waals surface area contributed by atoms with Gasteiger partial charge in [-0.1, -0.05) is 74.0 Å². The van der Waals surface area contributed by atoms with E-state index in [2.05, 4.69) is 75.9 Å². The first-order valence-corrected chi connectivity index (χ1v) is 12.5. The third-order valence-electron chi connectivity index (χ3n) is 6.80. The fraction of sp³-hybridized carbons (Fsp3) is 0.310. The summed E-state index contributed by atoms with van der Waals surface area (Å²) in [6, 6.07) is 22.5. The molecule has 184 valence electrons. The molecule has 2 heterocycles. The molecule has 0 aliphatic carbocycles. The number of nitrogens with one attached hydrogen (secondary N) is 2. The Morgan fingerprint density at radius 3 is 2.42 bits per heavy atom. The third-order valence-corrected chi connectivity index (χ3v) is 6.80. The Bertz CT molecular complexity index is 1320. The van der Waals surface area contributed by atoms with Gasteiger partial charge in [0.1, 0.15) is 0 Å². The summed E-state index contributed by atoms with van der Waals surface area (Å²) in [5, 5.41) is 17.7. The summed E-state index contributed by atoms with van der Waals surface area (Å²) < 4.78 is 0. The van der Waals surface area contributed by atoms with Crippen LogP contribution in [-0.4, -0.2) is 39.6 Å². The summed E-state index contributed by atoms with van der Waals surface area (Å²) in [7, 11) is 0. The van der Waals surface area contributed by atoms with Crippen LogP contribution in [0.25, 0.3) is 22.5 Å². The Kier molecular flexibility index (Phi) is 6.80. The Morgan fingerprint density at radius 2 is 1.72 bits per heavy atom. The minimum absolute atomic E-state index is 0.0249. The number of aryl methyl sites for hydroxylation is 1. The second-order valence-electron chi connectivity index (χ2n) is 10.1. The first kappa shape index (κ1) is 23.7. The molecule has 1 aliphatic rings. The summed E-state index contributed by atoms with van der Waals surface area (Å²) in [4.78, 5) is 15.6. The molecule has 7 nitrogen and oxygen atoms in total. The highest BCUT2D eigenvalue weighted by atomic mass is 16.1. The number of H-pyrrole nitrogens is 1. The molecule has 4 aromatic rings. The van der Waals surface area contributed by atoms with E-state index < -0.39 is 0 Å². The number of aromatic amines is 1. The first-order chi connectivity index (χ1) is 17.5. The topological polar surface area (TPSA) is 86.8 Å². The van der Waals surface area contributed by atoms with Gasteiger partial charge in [0, 0.05) is 18.7 Å². The molecule has 1 aliphatic heterocycles. The number of amides is 1. The van der Waals surface area contributed by atoms with Crippen LogP contribution in [0, 0.1) is 18.8 Å². The molecule has 0 radical (unpaired) electrons. The minimum atomic E-state index is -0.0249. The molecule has 36 heavy (non-hydrogen) atoms. The number of piperidine rings is 1. The van der Waals surface area contributed by atoms with E-state index in [1.165, 1.54) is 12.0 Å². The van der Waals surface area contributed by atoms with Crippen molar-refractivity contribution in [3.8, 4) is 22.5 Å². The Hall–Kier alpha value is -4.00. The zero-order valence-electron chi connectivity index (χ0n) is 21.0. The van der Waals surface area contributed by atoms with Gasteiger partial charge in [0.2, 0.25) is 5.91 Å². The van der Waals surface area contributed by atoms with Crippen molar-refractivity contribution in [1.29, 1.82) is 0 Å². The maximum atomic E-state index is 13.2. The van der Waals surface area contributed by atoms with Crippen molar-refractivity contribution >= 4 is 17.3 Å². The lowest BCUT2D eigenvalue weighted by atomic mass is 9.91. The van der Waals surface area contributed by atoms with E-state index in [0.717, 1.165) is 46.7 Å². The zero-order chi connectivity index (χ0) is 25.1. The number of hydrogen-bond donors (Lipinski definition) is 2. The molecule has 2 atom stereocenters. The van der Waals surface area contributed by atoms with Gasteiger partial charge in [-0.15, -0.1) is 5.10 Å². The van der Waals surface area contributed by atoms with Crippen molar-refractivity contribution in [3.05, 3.63) is 77.9 Å². The molecular weight excluding hydrogens is 448 g/mol. The van der Waals surface area contributed by atoms with Crippen LogP contribution in [0.2, 0.25) is 0 Å². The van der Waals surface area contributed by atoms with Gasteiger partial charge >= 0.3 is 0 Å². The Morgan fingerprint density at radius 1 is 1.00 bits per heavy atom. The number of carbonyl (C=O) groups is 1. The molecule has 1 aromatic heterocycles. The summed E-state index contributed by atoms with van der Waals surface area (Å²) in [6.07, 6.45) is 1.55. The highest BCUT2D eigenvalue weighted by Gasteiger charge is 2.24. The van der Waals surface area contributed by atoms with E-state index in [0.29, 0.717) is 24.1 Å². The molecule has 1 amide bonds. The van der Waals surface area contributed by atoms with Crippen LogP contribution in [0.3, 0.4) is 0 Å². The molecule has 0 spiro atoms. The molecule has 0 unspecified atom stereocenters. The average Bonchev–Trinajstić information content (AvgIpc) is 3.40. The third kappa shape index (κ3) is 5.30. The number of tetrazole rings is 1. The number of rotatable bonds is 6. The van der Waals surface area contributed by atoms with Gasteiger partial charge in [-0.25, -0.2) is 5.10 Å². The predicted octanol–water partition coefficient (Wildman–Crippen LogP) is 5.51. The van der Waals surface area contributed by atoms with Crippen LogP contribution < -0.4 is 10.2 Å². The quantitative estimate of drug-likeness (QED) is 0.380. The molecule has 2 N–H and O–H groups in total. The van der Waals surface area contributed by atoms with Crippen molar-refractivity contribution in [1.82, 2.24) is 20.6 Å². The van der Waals surface area contributed by atoms with Crippen LogP contribution in [0.1, 0.15) is 31.4 Å². The highest BCUT2D eigenvalue weighted by Crippen LogP contribution is 2.37. The van der Waals surface area contributed by atoms with E-state index in [1.807, 2.05) is 42.5 Å². The number of carbonyl (C=O) groups excluding carboxylic acids is 1. The maximum Gasteiger partial charge on any atom is 0.228 e. The monoisotopic (exact) mass is 480 g/mol. The first-order valence-electron chi connectivity index (χ1n) is 12.5. The average molecular weight is 481 g/mol. The summed E-state index contributed by atoms with van der Waals surface area (Å²) in [5.41, 5.74) is 6.98. The minimum Gasteiger partial charge on any atom is -0.369 e. The van der Waals surface area contributed by atoms with E-state index in [9.17, 15) is 4.79 Å². The summed E-state index contributed by atoms with van der Waals surface area (Å²) in [6.45, 7) is 8.60. The lowest BCUT2D eigenvalue weighted by Gasteiger charge is -2.37. The van der Waals surface area contributed by atoms with Gasteiger partial charge < -0.3 is 10.2 Å². The van der Waals surface area contributed by atoms with Crippen molar-refractivity contribution in [2.75, 3.05) is 23.3 Å². The van der Waals surface area contributed by atoms with Gasteiger partial charge in [-0.05, 0) is 64.4 Å². The zero-order valence-corrected chi connectivity index (χ0v) is 21.0. The van der Waals surface area contributed by atoms with Gasteiger partial charge in [0.15, 0.2) is 5.82 Å². The van der Waals surface area contributed by atoms with E-state index >= 15 is 0 Å². The molecule has 3 aromatic carbocycles. The maximum absolute atomic E-state index is 13.2. The Balaban J connectivity index is 1.51. The van der Waals surface area contributed by atoms with Crippen molar-refractivity contribution < 1.29 is 4.79 Å². The molecule has 7 heteroatoms. The molecule has 1 fully saturated rings. The number of aromatic nitrogens is 4. The Labute approximate surface area is 211 Å².